The summed E-state index contributed by atoms with van der Waals surface area (Å²) in [4.78, 5) is 0. The Labute approximate surface area is 111 Å². The number of alkyl halides is 6. The van der Waals surface area contributed by atoms with Gasteiger partial charge in [-0.2, -0.15) is 26.3 Å². The molecule has 9 heteroatoms. The van der Waals surface area contributed by atoms with Gasteiger partial charge in [0.15, 0.2) is 6.29 Å². The van der Waals surface area contributed by atoms with Gasteiger partial charge in [0.05, 0.1) is 0 Å². The molecule has 0 heterocycles. The van der Waals surface area contributed by atoms with Crippen LogP contribution in [0.5, 0.6) is 0 Å². The maximum Gasteiger partial charge on any atom is 0.426 e. The third-order valence-electron chi connectivity index (χ3n) is 3.85. The smallest absolute Gasteiger partial charge is 0.373 e. The van der Waals surface area contributed by atoms with Crippen LogP contribution in [0, 0.1) is 11.8 Å². The van der Waals surface area contributed by atoms with Gasteiger partial charge in [-0.1, -0.05) is 0 Å². The third kappa shape index (κ3) is 3.37. The molecule has 1 rings (SSSR count). The van der Waals surface area contributed by atoms with E-state index < -0.39 is 43.0 Å². The van der Waals surface area contributed by atoms with Gasteiger partial charge < -0.3 is 15.3 Å². The van der Waals surface area contributed by atoms with Crippen molar-refractivity contribution >= 4 is 0 Å². The minimum absolute atomic E-state index is 0.0171. The fourth-order valence-electron chi connectivity index (χ4n) is 2.74. The molecule has 0 amide bonds. The lowest BCUT2D eigenvalue weighted by atomic mass is 9.72. The second-order valence-corrected chi connectivity index (χ2v) is 5.20. The van der Waals surface area contributed by atoms with Crippen LogP contribution in [-0.2, 0) is 0 Å². The summed E-state index contributed by atoms with van der Waals surface area (Å²) in [6.07, 6.45) is -14.3. The highest BCUT2D eigenvalue weighted by Crippen LogP contribution is 2.52. The second kappa shape index (κ2) is 5.69. The van der Waals surface area contributed by atoms with E-state index in [2.05, 4.69) is 0 Å². The first-order chi connectivity index (χ1) is 8.89. The van der Waals surface area contributed by atoms with E-state index in [1.807, 2.05) is 0 Å². The van der Waals surface area contributed by atoms with E-state index in [0.717, 1.165) is 0 Å². The van der Waals surface area contributed by atoms with Crippen molar-refractivity contribution in [1.82, 2.24) is 0 Å². The Bertz CT molecular complexity index is 303. The molecule has 1 saturated carbocycles. The molecule has 1 aliphatic carbocycles. The van der Waals surface area contributed by atoms with E-state index in [0.29, 0.717) is 0 Å². The van der Waals surface area contributed by atoms with E-state index in [9.17, 15) is 31.4 Å². The van der Waals surface area contributed by atoms with Crippen LogP contribution in [0.3, 0.4) is 0 Å². The zero-order valence-electron chi connectivity index (χ0n) is 10.4. The molecular weight excluding hydrogens is 294 g/mol. The first-order valence-electron chi connectivity index (χ1n) is 6.11. The normalized spacial score (nSPS) is 26.1. The molecule has 3 N–H and O–H groups in total. The summed E-state index contributed by atoms with van der Waals surface area (Å²) in [5.41, 5.74) is -4.71. The van der Waals surface area contributed by atoms with Crippen LogP contribution >= 0.6 is 0 Å². The molecule has 0 aromatic heterocycles. The number of halogens is 6. The average molecular weight is 310 g/mol. The van der Waals surface area contributed by atoms with Crippen molar-refractivity contribution in [2.24, 2.45) is 11.8 Å². The van der Waals surface area contributed by atoms with Gasteiger partial charge in [-0.15, -0.1) is 0 Å². The van der Waals surface area contributed by atoms with Crippen LogP contribution in [0.1, 0.15) is 32.1 Å². The van der Waals surface area contributed by atoms with Crippen LogP contribution < -0.4 is 0 Å². The van der Waals surface area contributed by atoms with E-state index in [1.165, 1.54) is 0 Å². The van der Waals surface area contributed by atoms with Crippen molar-refractivity contribution in [3.8, 4) is 0 Å². The standard InChI is InChI=1S/C11H16F6O3/c12-10(13,14)9(20,11(15,16)17)7-3-1-6(2-4-7)5-8(18)19/h6-8,18-20H,1-5H2. The first kappa shape index (κ1) is 17.5. The van der Waals surface area contributed by atoms with E-state index in [1.54, 1.807) is 0 Å². The molecule has 0 spiro atoms. The number of aliphatic hydroxyl groups is 3. The Kier molecular flexibility index (Phi) is 4.98. The van der Waals surface area contributed by atoms with Crippen molar-refractivity contribution < 1.29 is 41.7 Å². The van der Waals surface area contributed by atoms with Crippen LogP contribution in [0.15, 0.2) is 0 Å². The molecule has 0 aliphatic heterocycles. The van der Waals surface area contributed by atoms with Crippen LogP contribution in [0.2, 0.25) is 0 Å². The average Bonchev–Trinajstić information content (AvgIpc) is 2.25. The van der Waals surface area contributed by atoms with Crippen LogP contribution in [-0.4, -0.2) is 39.6 Å². The first-order valence-corrected chi connectivity index (χ1v) is 6.11. The summed E-state index contributed by atoms with van der Waals surface area (Å²) in [5.74, 6) is -2.31. The fourth-order valence-corrected chi connectivity index (χ4v) is 2.74. The molecule has 20 heavy (non-hydrogen) atoms. The van der Waals surface area contributed by atoms with Crippen molar-refractivity contribution in [2.45, 2.75) is 56.3 Å². The minimum Gasteiger partial charge on any atom is -0.373 e. The molecule has 0 saturated heterocycles. The Morgan fingerprint density at radius 1 is 0.850 bits per heavy atom. The number of hydrogen-bond acceptors (Lipinski definition) is 3. The summed E-state index contributed by atoms with van der Waals surface area (Å²) in [5, 5.41) is 26.7. The van der Waals surface area contributed by atoms with Gasteiger partial charge in [-0.05, 0) is 31.6 Å². The predicted molar refractivity (Wildman–Crippen MR) is 55.4 cm³/mol. The van der Waals surface area contributed by atoms with Crippen LogP contribution in [0.25, 0.3) is 0 Å². The molecule has 1 fully saturated rings. The molecule has 0 aromatic rings. The Balaban J connectivity index is 2.83. The lowest BCUT2D eigenvalue weighted by Crippen LogP contribution is -2.62. The van der Waals surface area contributed by atoms with E-state index in [-0.39, 0.29) is 25.2 Å². The van der Waals surface area contributed by atoms with Crippen LogP contribution in [0.4, 0.5) is 26.3 Å². The quantitative estimate of drug-likeness (QED) is 0.554. The predicted octanol–water partition coefficient (Wildman–Crippen LogP) is 2.35. The molecular formula is C11H16F6O3. The summed E-state index contributed by atoms with van der Waals surface area (Å²) in [6, 6.07) is 0. The SMILES string of the molecule is OC(O)CC1CCC(C(O)(C(F)(F)F)C(F)(F)F)CC1. The highest BCUT2D eigenvalue weighted by Gasteiger charge is 2.73. The van der Waals surface area contributed by atoms with E-state index in [4.69, 9.17) is 10.2 Å². The summed E-state index contributed by atoms with van der Waals surface area (Å²) in [7, 11) is 0. The monoisotopic (exact) mass is 310 g/mol. The van der Waals surface area contributed by atoms with Gasteiger partial charge in [0.1, 0.15) is 0 Å². The molecule has 0 radical (unpaired) electrons. The molecule has 0 aromatic carbocycles. The summed E-state index contributed by atoms with van der Waals surface area (Å²) >= 11 is 0. The lowest BCUT2D eigenvalue weighted by Gasteiger charge is -2.42. The number of hydrogen-bond donors (Lipinski definition) is 3. The number of rotatable bonds is 3. The fraction of sp³-hybridized carbons (Fsp3) is 1.00. The lowest BCUT2D eigenvalue weighted by molar-refractivity contribution is -0.387. The highest BCUT2D eigenvalue weighted by atomic mass is 19.4. The van der Waals surface area contributed by atoms with Crippen molar-refractivity contribution in [2.75, 3.05) is 0 Å². The topological polar surface area (TPSA) is 60.7 Å². The zero-order valence-corrected chi connectivity index (χ0v) is 10.4. The van der Waals surface area contributed by atoms with Gasteiger partial charge in [-0.3, -0.25) is 0 Å². The zero-order chi connectivity index (χ0) is 15.8. The Hall–Kier alpha value is -0.540. The minimum atomic E-state index is -5.79. The van der Waals surface area contributed by atoms with Gasteiger partial charge in [0.25, 0.3) is 5.60 Å². The molecule has 0 unspecified atom stereocenters. The largest absolute Gasteiger partial charge is 0.426 e. The highest BCUT2D eigenvalue weighted by molar-refractivity contribution is 5.00. The second-order valence-electron chi connectivity index (χ2n) is 5.20. The van der Waals surface area contributed by atoms with Crippen molar-refractivity contribution in [3.63, 3.8) is 0 Å². The molecule has 1 aliphatic rings. The molecule has 0 atom stereocenters. The Morgan fingerprint density at radius 2 is 1.25 bits per heavy atom. The van der Waals surface area contributed by atoms with Gasteiger partial charge in [-0.25, -0.2) is 0 Å². The Morgan fingerprint density at radius 3 is 1.55 bits per heavy atom. The van der Waals surface area contributed by atoms with Gasteiger partial charge >= 0.3 is 12.4 Å². The third-order valence-corrected chi connectivity index (χ3v) is 3.85. The molecule has 3 nitrogen and oxygen atoms in total. The van der Waals surface area contributed by atoms with Gasteiger partial charge in [0.2, 0.25) is 0 Å². The maximum atomic E-state index is 12.6. The summed E-state index contributed by atoms with van der Waals surface area (Å²) in [6.45, 7) is 0. The summed E-state index contributed by atoms with van der Waals surface area (Å²) < 4.78 is 75.9. The molecule has 0 bridgehead atoms. The van der Waals surface area contributed by atoms with Crippen molar-refractivity contribution in [1.29, 1.82) is 0 Å². The maximum absolute atomic E-state index is 12.6. The number of aliphatic hydroxyl groups excluding tert-OH is 1. The van der Waals surface area contributed by atoms with E-state index >= 15 is 0 Å². The van der Waals surface area contributed by atoms with Crippen molar-refractivity contribution in [3.05, 3.63) is 0 Å². The van der Waals surface area contributed by atoms with Gasteiger partial charge in [0, 0.05) is 12.3 Å². The molecule has 120 valence electrons.